The van der Waals surface area contributed by atoms with Crippen LogP contribution in [-0.4, -0.2) is 11.6 Å². The summed E-state index contributed by atoms with van der Waals surface area (Å²) in [4.78, 5) is 28.0. The number of hydrogen-bond donors (Lipinski definition) is 0. The van der Waals surface area contributed by atoms with Crippen LogP contribution in [0.15, 0.2) is 109 Å². The lowest BCUT2D eigenvalue weighted by Crippen LogP contribution is -2.09. The molecule has 0 atom stereocenters. The average Bonchev–Trinajstić information content (AvgIpc) is 2.97. The molecule has 4 heteroatoms. The van der Waals surface area contributed by atoms with E-state index in [0.717, 1.165) is 37.7 Å². The first kappa shape index (κ1) is 22.9. The maximum absolute atomic E-state index is 14.1. The second-order valence-electron chi connectivity index (χ2n) is 9.39. The van der Waals surface area contributed by atoms with Gasteiger partial charge in [0, 0.05) is 32.8 Å². The van der Waals surface area contributed by atoms with Crippen LogP contribution in [0.5, 0.6) is 0 Å². The van der Waals surface area contributed by atoms with Gasteiger partial charge in [-0.25, -0.2) is 0 Å². The molecule has 0 fully saturated rings. The molecule has 7 rings (SSSR count). The number of ketones is 2. The highest BCUT2D eigenvalue weighted by molar-refractivity contribution is 6.53. The van der Waals surface area contributed by atoms with E-state index in [2.05, 4.69) is 18.2 Å². The summed E-state index contributed by atoms with van der Waals surface area (Å²) < 4.78 is 0. The molecule has 0 spiro atoms. The van der Waals surface area contributed by atoms with Crippen LogP contribution in [-0.2, 0) is 0 Å². The van der Waals surface area contributed by atoms with Crippen molar-refractivity contribution in [2.75, 3.05) is 0 Å². The predicted octanol–water partition coefficient (Wildman–Crippen LogP) is 9.51. The zero-order valence-corrected chi connectivity index (χ0v) is 21.5. The fourth-order valence-corrected chi connectivity index (χ4v) is 6.26. The van der Waals surface area contributed by atoms with Gasteiger partial charge in [-0.3, -0.25) is 9.59 Å². The van der Waals surface area contributed by atoms with Gasteiger partial charge in [0.15, 0.2) is 11.6 Å². The second kappa shape index (κ2) is 8.66. The van der Waals surface area contributed by atoms with Crippen molar-refractivity contribution in [1.82, 2.24) is 0 Å². The van der Waals surface area contributed by atoms with E-state index in [9.17, 15) is 9.59 Å². The molecular formula is C34H18Cl2O2. The zero-order chi connectivity index (χ0) is 26.0. The fourth-order valence-electron chi connectivity index (χ4n) is 5.69. The average molecular weight is 529 g/mol. The van der Waals surface area contributed by atoms with Gasteiger partial charge in [0.2, 0.25) is 0 Å². The summed E-state index contributed by atoms with van der Waals surface area (Å²) in [5.41, 5.74) is 1.67. The molecule has 0 aliphatic rings. The molecule has 0 N–H and O–H groups in total. The zero-order valence-electron chi connectivity index (χ0n) is 20.0. The minimum atomic E-state index is -0.277. The summed E-state index contributed by atoms with van der Waals surface area (Å²) in [6.45, 7) is 0. The molecule has 2 nitrogen and oxygen atoms in total. The van der Waals surface area contributed by atoms with E-state index >= 15 is 0 Å². The number of halogens is 2. The summed E-state index contributed by atoms with van der Waals surface area (Å²) in [6, 6.07) is 34.1. The van der Waals surface area contributed by atoms with Crippen molar-refractivity contribution >= 4 is 77.9 Å². The molecule has 38 heavy (non-hydrogen) atoms. The predicted molar refractivity (Wildman–Crippen MR) is 157 cm³/mol. The molecule has 0 saturated carbocycles. The van der Waals surface area contributed by atoms with Crippen LogP contribution < -0.4 is 0 Å². The van der Waals surface area contributed by atoms with Crippen LogP contribution in [0.3, 0.4) is 0 Å². The Labute approximate surface area is 228 Å². The van der Waals surface area contributed by atoms with Gasteiger partial charge in [0.25, 0.3) is 0 Å². The molecule has 0 bridgehead atoms. The van der Waals surface area contributed by atoms with Gasteiger partial charge in [-0.2, -0.15) is 0 Å². The van der Waals surface area contributed by atoms with E-state index in [1.165, 1.54) is 0 Å². The van der Waals surface area contributed by atoms with Gasteiger partial charge >= 0.3 is 0 Å². The van der Waals surface area contributed by atoms with E-state index in [1.807, 2.05) is 54.6 Å². The maximum atomic E-state index is 14.1. The van der Waals surface area contributed by atoms with Crippen LogP contribution in [0.1, 0.15) is 31.8 Å². The third-order valence-electron chi connectivity index (χ3n) is 7.34. The third kappa shape index (κ3) is 3.21. The first-order valence-electron chi connectivity index (χ1n) is 12.3. The van der Waals surface area contributed by atoms with E-state index in [0.29, 0.717) is 27.1 Å². The summed E-state index contributed by atoms with van der Waals surface area (Å²) in [6.07, 6.45) is 0. The van der Waals surface area contributed by atoms with Gasteiger partial charge < -0.3 is 0 Å². The number of fused-ring (bicyclic) bond motifs is 2. The number of carbonyl (C=O) groups excluding carboxylic acids is 2. The van der Waals surface area contributed by atoms with Crippen LogP contribution in [0.25, 0.3) is 43.1 Å². The standard InChI is InChI=1S/C34H18Cl2O2/c35-31-29-24-16-8-14-19-13-7-15-22(26(19)24)23-17-18-25(33(37)20-9-3-1-4-10-20)28(27(23)29)30(32(31)36)34(38)21-11-5-2-6-12-21/h1-18H. The highest BCUT2D eigenvalue weighted by atomic mass is 35.5. The van der Waals surface area contributed by atoms with Crippen molar-refractivity contribution < 1.29 is 9.59 Å². The molecule has 7 aromatic rings. The topological polar surface area (TPSA) is 34.1 Å². The minimum Gasteiger partial charge on any atom is -0.289 e. The Bertz CT molecular complexity index is 2060. The van der Waals surface area contributed by atoms with Gasteiger partial charge in [0.05, 0.1) is 15.6 Å². The molecule has 0 aliphatic carbocycles. The second-order valence-corrected chi connectivity index (χ2v) is 10.1. The molecular weight excluding hydrogens is 511 g/mol. The number of carbonyl (C=O) groups is 2. The van der Waals surface area contributed by atoms with Crippen molar-refractivity contribution in [3.05, 3.63) is 141 Å². The Morgan fingerprint density at radius 1 is 0.447 bits per heavy atom. The van der Waals surface area contributed by atoms with Crippen LogP contribution >= 0.6 is 23.2 Å². The minimum absolute atomic E-state index is 0.152. The molecule has 0 aliphatic heterocycles. The summed E-state index contributed by atoms with van der Waals surface area (Å²) >= 11 is 14.0. The van der Waals surface area contributed by atoms with E-state index in [4.69, 9.17) is 23.2 Å². The van der Waals surface area contributed by atoms with Crippen LogP contribution in [0, 0.1) is 0 Å². The van der Waals surface area contributed by atoms with E-state index < -0.39 is 0 Å². The van der Waals surface area contributed by atoms with Crippen molar-refractivity contribution in [2.24, 2.45) is 0 Å². The molecule has 0 heterocycles. The SMILES string of the molecule is O=C(c1ccccc1)c1ccc2c3cccc4cccc(c5c(Cl)c(Cl)c(C(=O)c6ccccc6)c1c25)c43. The molecule has 180 valence electrons. The lowest BCUT2D eigenvalue weighted by Gasteiger charge is -2.21. The van der Waals surface area contributed by atoms with E-state index in [-0.39, 0.29) is 22.2 Å². The highest BCUT2D eigenvalue weighted by Crippen LogP contribution is 2.48. The monoisotopic (exact) mass is 528 g/mol. The van der Waals surface area contributed by atoms with Crippen molar-refractivity contribution in [2.45, 2.75) is 0 Å². The number of benzene rings is 7. The Morgan fingerprint density at radius 3 is 1.68 bits per heavy atom. The van der Waals surface area contributed by atoms with Crippen LogP contribution in [0.4, 0.5) is 0 Å². The van der Waals surface area contributed by atoms with Gasteiger partial charge in [-0.05, 0) is 33.0 Å². The molecule has 0 unspecified atom stereocenters. The molecule has 7 aromatic carbocycles. The lowest BCUT2D eigenvalue weighted by molar-refractivity contribution is 0.103. The largest absolute Gasteiger partial charge is 0.289 e. The maximum Gasteiger partial charge on any atom is 0.195 e. The lowest BCUT2D eigenvalue weighted by atomic mass is 9.83. The van der Waals surface area contributed by atoms with Crippen molar-refractivity contribution in [1.29, 1.82) is 0 Å². The quantitative estimate of drug-likeness (QED) is 0.129. The van der Waals surface area contributed by atoms with Crippen molar-refractivity contribution in [3.8, 4) is 0 Å². The Hall–Kier alpha value is -4.24. The summed E-state index contributed by atoms with van der Waals surface area (Å²) in [5, 5.41) is 7.56. The third-order valence-corrected chi connectivity index (χ3v) is 8.20. The smallest absolute Gasteiger partial charge is 0.195 e. The Kier molecular flexibility index (Phi) is 5.23. The Morgan fingerprint density at radius 2 is 1.03 bits per heavy atom. The first-order valence-corrected chi connectivity index (χ1v) is 13.0. The van der Waals surface area contributed by atoms with Crippen molar-refractivity contribution in [3.63, 3.8) is 0 Å². The van der Waals surface area contributed by atoms with Gasteiger partial charge in [-0.15, -0.1) is 0 Å². The summed E-state index contributed by atoms with van der Waals surface area (Å²) in [5.74, 6) is -0.457. The highest BCUT2D eigenvalue weighted by Gasteiger charge is 2.28. The molecule has 0 amide bonds. The van der Waals surface area contributed by atoms with Gasteiger partial charge in [-0.1, -0.05) is 126 Å². The number of rotatable bonds is 4. The normalized spacial score (nSPS) is 11.6. The molecule has 0 saturated heterocycles. The van der Waals surface area contributed by atoms with Crippen LogP contribution in [0.2, 0.25) is 10.0 Å². The molecule has 0 aromatic heterocycles. The summed E-state index contributed by atoms with van der Waals surface area (Å²) in [7, 11) is 0. The first-order chi connectivity index (χ1) is 18.6. The Balaban J connectivity index is 1.73. The molecule has 0 radical (unpaired) electrons. The van der Waals surface area contributed by atoms with E-state index in [1.54, 1.807) is 36.4 Å². The van der Waals surface area contributed by atoms with Gasteiger partial charge in [0.1, 0.15) is 0 Å². The fraction of sp³-hybridized carbons (Fsp3) is 0. The number of hydrogen-bond acceptors (Lipinski definition) is 2.